The lowest BCUT2D eigenvalue weighted by atomic mass is 9.99. The molecule has 5 nitrogen and oxygen atoms in total. The van der Waals surface area contributed by atoms with E-state index in [0.717, 1.165) is 43.2 Å². The molecule has 0 N–H and O–H groups in total. The van der Waals surface area contributed by atoms with E-state index in [0.29, 0.717) is 5.69 Å². The molecule has 1 aromatic carbocycles. The maximum Gasteiger partial charge on any atom is 0.272 e. The summed E-state index contributed by atoms with van der Waals surface area (Å²) in [6.07, 6.45) is 11.3. The molecule has 0 atom stereocenters. The summed E-state index contributed by atoms with van der Waals surface area (Å²) >= 11 is 0. The molecular formula is C30H57N3O2+2. The van der Waals surface area contributed by atoms with E-state index >= 15 is 0 Å². The van der Waals surface area contributed by atoms with E-state index in [1.165, 1.54) is 93.4 Å². The third-order valence-electron chi connectivity index (χ3n) is 9.05. The van der Waals surface area contributed by atoms with Crippen molar-refractivity contribution in [2.75, 3.05) is 52.4 Å². The van der Waals surface area contributed by atoms with Crippen LogP contribution in [0.25, 0.3) is 0 Å². The van der Waals surface area contributed by atoms with Crippen molar-refractivity contribution < 1.29 is 13.9 Å². The molecule has 202 valence electrons. The van der Waals surface area contributed by atoms with Crippen molar-refractivity contribution in [3.8, 4) is 0 Å². The Hall–Kier alpha value is -1.46. The van der Waals surface area contributed by atoms with Crippen molar-refractivity contribution in [1.29, 1.82) is 0 Å². The minimum Gasteiger partial charge on any atom is -0.324 e. The number of aryl methyl sites for hydroxylation is 2. The van der Waals surface area contributed by atoms with E-state index in [-0.39, 0.29) is 4.92 Å². The van der Waals surface area contributed by atoms with Crippen LogP contribution in [-0.4, -0.2) is 66.2 Å². The van der Waals surface area contributed by atoms with Gasteiger partial charge >= 0.3 is 0 Å². The van der Waals surface area contributed by atoms with E-state index in [9.17, 15) is 10.1 Å². The highest BCUT2D eigenvalue weighted by Gasteiger charge is 2.20. The smallest absolute Gasteiger partial charge is 0.272 e. The maximum absolute atomic E-state index is 11.7. The number of hydrogen-bond donors (Lipinski definition) is 0. The molecule has 35 heavy (non-hydrogen) atoms. The summed E-state index contributed by atoms with van der Waals surface area (Å²) < 4.78 is 2.44. The Morgan fingerprint density at radius 3 is 1.49 bits per heavy atom. The Balaban J connectivity index is 2.42. The molecule has 0 heterocycles. The van der Waals surface area contributed by atoms with Crippen molar-refractivity contribution in [2.45, 2.75) is 106 Å². The second kappa shape index (κ2) is 17.1. The molecule has 0 amide bonds. The number of nitro groups is 1. The van der Waals surface area contributed by atoms with E-state index < -0.39 is 0 Å². The first-order chi connectivity index (χ1) is 16.8. The fraction of sp³-hybridized carbons (Fsp3) is 0.800. The highest BCUT2D eigenvalue weighted by Crippen LogP contribution is 2.24. The topological polar surface area (TPSA) is 43.1 Å². The first-order valence-corrected chi connectivity index (χ1v) is 14.8. The third-order valence-corrected chi connectivity index (χ3v) is 9.05. The highest BCUT2D eigenvalue weighted by atomic mass is 16.6. The number of nitro benzene ring substituents is 1. The summed E-state index contributed by atoms with van der Waals surface area (Å²) in [7, 11) is 0. The fourth-order valence-corrected chi connectivity index (χ4v) is 5.68. The van der Waals surface area contributed by atoms with E-state index in [1.54, 1.807) is 0 Å². The Kier molecular flexibility index (Phi) is 15.4. The first kappa shape index (κ1) is 31.6. The number of benzene rings is 1. The van der Waals surface area contributed by atoms with Crippen LogP contribution < -0.4 is 0 Å². The van der Waals surface area contributed by atoms with Gasteiger partial charge < -0.3 is 8.97 Å². The zero-order valence-electron chi connectivity index (χ0n) is 24.1. The average molecular weight is 492 g/mol. The molecule has 0 saturated heterocycles. The standard InChI is InChI=1S/C30H57N3O2/c1-7-32(8-2,9-3)25-19-15-13-17-21-28-23-24-29(30(27-28)31(34)35)22-18-14-16-20-26-33(10-4,11-5)12-6/h23-24,27H,7-22,25-26H2,1-6H3/q+2. The zero-order valence-corrected chi connectivity index (χ0v) is 24.1. The predicted octanol–water partition coefficient (Wildman–Crippen LogP) is 7.55. The van der Waals surface area contributed by atoms with Gasteiger partial charge in [0.15, 0.2) is 0 Å². The molecule has 0 fully saturated rings. The summed E-state index contributed by atoms with van der Waals surface area (Å²) in [4.78, 5) is 11.5. The molecule has 0 aliphatic heterocycles. The molecule has 0 radical (unpaired) electrons. The number of unbranched alkanes of at least 4 members (excludes halogenated alkanes) is 6. The van der Waals surface area contributed by atoms with Gasteiger partial charge in [-0.15, -0.1) is 0 Å². The first-order valence-electron chi connectivity index (χ1n) is 14.8. The van der Waals surface area contributed by atoms with E-state index in [4.69, 9.17) is 0 Å². The van der Waals surface area contributed by atoms with Crippen LogP contribution in [0.15, 0.2) is 18.2 Å². The lowest BCUT2D eigenvalue weighted by Gasteiger charge is -2.35. The highest BCUT2D eigenvalue weighted by molar-refractivity contribution is 5.43. The second-order valence-corrected chi connectivity index (χ2v) is 10.6. The molecular weight excluding hydrogens is 434 g/mol. The van der Waals surface area contributed by atoms with Gasteiger partial charge in [0.05, 0.1) is 57.3 Å². The van der Waals surface area contributed by atoms with Gasteiger partial charge in [-0.25, -0.2) is 0 Å². The van der Waals surface area contributed by atoms with Gasteiger partial charge in [-0.2, -0.15) is 0 Å². The summed E-state index contributed by atoms with van der Waals surface area (Å²) in [5, 5.41) is 11.7. The monoisotopic (exact) mass is 491 g/mol. The van der Waals surface area contributed by atoms with E-state index in [1.807, 2.05) is 12.1 Å². The predicted molar refractivity (Wildman–Crippen MR) is 151 cm³/mol. The van der Waals surface area contributed by atoms with Crippen LogP contribution in [0.3, 0.4) is 0 Å². The molecule has 0 unspecified atom stereocenters. The lowest BCUT2D eigenvalue weighted by Crippen LogP contribution is -2.48. The zero-order chi connectivity index (χ0) is 26.2. The van der Waals surface area contributed by atoms with Gasteiger partial charge in [-0.1, -0.05) is 25.0 Å². The normalized spacial score (nSPS) is 12.3. The van der Waals surface area contributed by atoms with Gasteiger partial charge in [0, 0.05) is 11.6 Å². The molecule has 1 aromatic rings. The molecule has 0 bridgehead atoms. The Labute approximate surface area is 217 Å². The van der Waals surface area contributed by atoms with Crippen LogP contribution >= 0.6 is 0 Å². The van der Waals surface area contributed by atoms with Crippen molar-refractivity contribution in [2.24, 2.45) is 0 Å². The fourth-order valence-electron chi connectivity index (χ4n) is 5.68. The minimum atomic E-state index is -0.174. The van der Waals surface area contributed by atoms with Crippen molar-refractivity contribution in [1.82, 2.24) is 0 Å². The Morgan fingerprint density at radius 2 is 1.06 bits per heavy atom. The molecule has 0 spiro atoms. The van der Waals surface area contributed by atoms with Gasteiger partial charge in [-0.3, -0.25) is 10.1 Å². The van der Waals surface area contributed by atoms with Crippen LogP contribution in [0.5, 0.6) is 0 Å². The SMILES string of the molecule is CC[N+](CC)(CC)CCCCCCc1ccc(CCCCCC[N+](CC)(CC)CC)c([N+](=O)[O-])c1. The molecule has 5 heteroatoms. The Bertz CT molecular complexity index is 695. The van der Waals surface area contributed by atoms with Crippen LogP contribution in [0, 0.1) is 10.1 Å². The van der Waals surface area contributed by atoms with Gasteiger partial charge in [0.1, 0.15) is 0 Å². The molecule has 1 rings (SSSR count). The van der Waals surface area contributed by atoms with Crippen LogP contribution in [-0.2, 0) is 12.8 Å². The summed E-state index contributed by atoms with van der Waals surface area (Å²) in [6.45, 7) is 23.6. The quantitative estimate of drug-likeness (QED) is 0.0771. The van der Waals surface area contributed by atoms with Crippen LogP contribution in [0.1, 0.15) is 104 Å². The number of nitrogens with zero attached hydrogens (tertiary/aromatic N) is 3. The summed E-state index contributed by atoms with van der Waals surface area (Å²) in [6, 6.07) is 6.00. The minimum absolute atomic E-state index is 0.174. The van der Waals surface area contributed by atoms with Crippen molar-refractivity contribution in [3.05, 3.63) is 39.4 Å². The lowest BCUT2D eigenvalue weighted by molar-refractivity contribution is -0.923. The van der Waals surface area contributed by atoms with Crippen molar-refractivity contribution in [3.63, 3.8) is 0 Å². The van der Waals surface area contributed by atoms with E-state index in [2.05, 4.69) is 47.6 Å². The number of quaternary nitrogens is 2. The molecule has 0 aliphatic rings. The van der Waals surface area contributed by atoms with Gasteiger partial charge in [-0.05, 0) is 98.5 Å². The van der Waals surface area contributed by atoms with Crippen LogP contribution in [0.2, 0.25) is 0 Å². The third kappa shape index (κ3) is 10.6. The molecule has 0 saturated carbocycles. The average Bonchev–Trinajstić information content (AvgIpc) is 2.89. The van der Waals surface area contributed by atoms with Gasteiger partial charge in [0.2, 0.25) is 0 Å². The Morgan fingerprint density at radius 1 is 0.629 bits per heavy atom. The largest absolute Gasteiger partial charge is 0.324 e. The second-order valence-electron chi connectivity index (χ2n) is 10.6. The van der Waals surface area contributed by atoms with Crippen molar-refractivity contribution >= 4 is 5.69 Å². The van der Waals surface area contributed by atoms with Crippen LogP contribution in [0.4, 0.5) is 5.69 Å². The number of hydrogen-bond acceptors (Lipinski definition) is 2. The van der Waals surface area contributed by atoms with Gasteiger partial charge in [0.25, 0.3) is 5.69 Å². The summed E-state index contributed by atoms with van der Waals surface area (Å²) in [5.74, 6) is 0. The maximum atomic E-state index is 11.7. The number of rotatable bonds is 21. The molecule has 0 aromatic heterocycles. The molecule has 0 aliphatic carbocycles. The summed E-state index contributed by atoms with van der Waals surface area (Å²) in [5.41, 5.74) is 2.36.